The molecule has 0 bridgehead atoms. The van der Waals surface area contributed by atoms with Crippen molar-refractivity contribution in [2.45, 2.75) is 84.3 Å². The lowest BCUT2D eigenvalue weighted by Crippen LogP contribution is -2.60. The molecule has 0 saturated heterocycles. The highest BCUT2D eigenvalue weighted by atomic mass is 16.3. The maximum atomic E-state index is 9.63. The van der Waals surface area contributed by atoms with Crippen LogP contribution in [0, 0.1) is 5.41 Å². The van der Waals surface area contributed by atoms with Crippen LogP contribution in [-0.2, 0) is 0 Å². The summed E-state index contributed by atoms with van der Waals surface area (Å²) in [4.78, 5) is 0. The summed E-state index contributed by atoms with van der Waals surface area (Å²) in [5.74, 6) is 0. The molecule has 1 aliphatic carbocycles. The van der Waals surface area contributed by atoms with Crippen LogP contribution in [0.25, 0.3) is 0 Å². The number of nitrogens with one attached hydrogen (secondary N) is 1. The largest absolute Gasteiger partial charge is 0.392 e. The molecule has 0 radical (unpaired) electrons. The molecule has 0 aromatic carbocycles. The zero-order valence-electron chi connectivity index (χ0n) is 12.0. The molecule has 0 aliphatic heterocycles. The predicted molar refractivity (Wildman–Crippen MR) is 74.2 cm³/mol. The third-order valence-electron chi connectivity index (χ3n) is 4.39. The second-order valence-electron chi connectivity index (χ2n) is 6.20. The highest BCUT2D eigenvalue weighted by Crippen LogP contribution is 2.40. The number of rotatable bonds is 9. The lowest BCUT2D eigenvalue weighted by Gasteiger charge is -2.49. The van der Waals surface area contributed by atoms with Crippen molar-refractivity contribution in [1.82, 2.24) is 5.32 Å². The molecule has 102 valence electrons. The van der Waals surface area contributed by atoms with Crippen molar-refractivity contribution in [1.29, 1.82) is 0 Å². The van der Waals surface area contributed by atoms with Gasteiger partial charge in [0, 0.05) is 11.5 Å². The van der Waals surface area contributed by atoms with E-state index in [1.807, 2.05) is 0 Å². The Labute approximate surface area is 107 Å². The highest BCUT2D eigenvalue weighted by molar-refractivity contribution is 5.01. The molecule has 2 unspecified atom stereocenters. The van der Waals surface area contributed by atoms with Crippen LogP contribution in [0.2, 0.25) is 0 Å². The van der Waals surface area contributed by atoms with E-state index in [9.17, 15) is 5.11 Å². The molecular formula is C15H31NO. The normalized spacial score (nSPS) is 26.8. The van der Waals surface area contributed by atoms with Gasteiger partial charge >= 0.3 is 0 Å². The Balaban J connectivity index is 1.88. The van der Waals surface area contributed by atoms with E-state index in [-0.39, 0.29) is 11.5 Å². The number of unbranched alkanes of at least 4 members (excludes halogenated alkanes) is 6. The maximum absolute atomic E-state index is 9.63. The third kappa shape index (κ3) is 4.59. The van der Waals surface area contributed by atoms with E-state index in [2.05, 4.69) is 26.1 Å². The second-order valence-corrected chi connectivity index (χ2v) is 6.20. The summed E-state index contributed by atoms with van der Waals surface area (Å²) in [7, 11) is 0. The molecule has 0 aromatic rings. The fraction of sp³-hybridized carbons (Fsp3) is 1.00. The Morgan fingerprint density at radius 1 is 1.06 bits per heavy atom. The second kappa shape index (κ2) is 7.38. The quantitative estimate of drug-likeness (QED) is 0.606. The van der Waals surface area contributed by atoms with Gasteiger partial charge in [-0.25, -0.2) is 0 Å². The fourth-order valence-corrected chi connectivity index (χ4v) is 2.61. The summed E-state index contributed by atoms with van der Waals surface area (Å²) in [6, 6.07) is 0.526. The van der Waals surface area contributed by atoms with E-state index in [0.29, 0.717) is 6.04 Å². The molecule has 2 atom stereocenters. The molecule has 17 heavy (non-hydrogen) atoms. The molecule has 2 N–H and O–H groups in total. The minimum atomic E-state index is -0.103. The number of hydrogen-bond acceptors (Lipinski definition) is 2. The van der Waals surface area contributed by atoms with E-state index in [0.717, 1.165) is 13.0 Å². The van der Waals surface area contributed by atoms with Gasteiger partial charge in [-0.1, -0.05) is 59.3 Å². The third-order valence-corrected chi connectivity index (χ3v) is 4.39. The Hall–Kier alpha value is -0.0800. The molecular weight excluding hydrogens is 210 g/mol. The van der Waals surface area contributed by atoms with Gasteiger partial charge in [0.1, 0.15) is 0 Å². The molecule has 2 heteroatoms. The molecule has 1 rings (SSSR count). The number of aliphatic hydroxyl groups excluding tert-OH is 1. The summed E-state index contributed by atoms with van der Waals surface area (Å²) in [6.45, 7) is 7.69. The minimum absolute atomic E-state index is 0.0845. The van der Waals surface area contributed by atoms with Gasteiger partial charge in [0.25, 0.3) is 0 Å². The zero-order chi connectivity index (χ0) is 12.7. The van der Waals surface area contributed by atoms with Gasteiger partial charge in [0.15, 0.2) is 0 Å². The first kappa shape index (κ1) is 15.0. The monoisotopic (exact) mass is 241 g/mol. The summed E-state index contributed by atoms with van der Waals surface area (Å²) in [6.07, 6.45) is 10.4. The predicted octanol–water partition coefficient (Wildman–Crippen LogP) is 3.49. The van der Waals surface area contributed by atoms with E-state index >= 15 is 0 Å². The van der Waals surface area contributed by atoms with Crippen molar-refractivity contribution in [2.75, 3.05) is 6.54 Å². The van der Waals surface area contributed by atoms with Crippen molar-refractivity contribution in [3.63, 3.8) is 0 Å². The van der Waals surface area contributed by atoms with Gasteiger partial charge < -0.3 is 10.4 Å². The van der Waals surface area contributed by atoms with Crippen LogP contribution in [0.1, 0.15) is 72.1 Å². The molecule has 0 amide bonds. The van der Waals surface area contributed by atoms with Crippen LogP contribution in [0.5, 0.6) is 0 Å². The molecule has 0 aromatic heterocycles. The van der Waals surface area contributed by atoms with Gasteiger partial charge in [-0.15, -0.1) is 0 Å². The summed E-state index contributed by atoms with van der Waals surface area (Å²) in [5.41, 5.74) is 0.0845. The average Bonchev–Trinajstić information content (AvgIpc) is 2.31. The van der Waals surface area contributed by atoms with Crippen molar-refractivity contribution >= 4 is 0 Å². The van der Waals surface area contributed by atoms with Crippen LogP contribution in [0.15, 0.2) is 0 Å². The Bertz CT molecular complexity index is 203. The lowest BCUT2D eigenvalue weighted by molar-refractivity contribution is -0.0722. The summed E-state index contributed by atoms with van der Waals surface area (Å²) < 4.78 is 0. The van der Waals surface area contributed by atoms with Gasteiger partial charge in [-0.2, -0.15) is 0 Å². The van der Waals surface area contributed by atoms with E-state index in [1.165, 1.54) is 44.9 Å². The van der Waals surface area contributed by atoms with Gasteiger partial charge in [0.05, 0.1) is 6.10 Å². The van der Waals surface area contributed by atoms with Crippen LogP contribution in [-0.4, -0.2) is 23.8 Å². The minimum Gasteiger partial charge on any atom is -0.392 e. The van der Waals surface area contributed by atoms with Crippen molar-refractivity contribution in [2.24, 2.45) is 5.41 Å². The summed E-state index contributed by atoms with van der Waals surface area (Å²) >= 11 is 0. The first-order valence-electron chi connectivity index (χ1n) is 7.50. The van der Waals surface area contributed by atoms with Crippen LogP contribution in [0.3, 0.4) is 0 Å². The molecule has 2 nitrogen and oxygen atoms in total. The lowest BCUT2D eigenvalue weighted by atomic mass is 9.64. The Kier molecular flexibility index (Phi) is 6.50. The van der Waals surface area contributed by atoms with Crippen LogP contribution < -0.4 is 5.32 Å². The maximum Gasteiger partial charge on any atom is 0.0621 e. The standard InChI is InChI=1S/C15H31NO/c1-4-5-6-7-8-9-10-11-16-13-12-14(17)15(13,2)3/h13-14,16-17H,4-12H2,1-3H3. The number of aliphatic hydroxyl groups is 1. The smallest absolute Gasteiger partial charge is 0.0621 e. The molecule has 1 fully saturated rings. The van der Waals surface area contributed by atoms with E-state index in [1.54, 1.807) is 0 Å². The first-order chi connectivity index (χ1) is 8.09. The highest BCUT2D eigenvalue weighted by Gasteiger charge is 2.46. The van der Waals surface area contributed by atoms with Crippen LogP contribution in [0.4, 0.5) is 0 Å². The molecule has 1 aliphatic rings. The molecule has 0 spiro atoms. The Morgan fingerprint density at radius 3 is 2.18 bits per heavy atom. The van der Waals surface area contributed by atoms with Crippen LogP contribution >= 0.6 is 0 Å². The topological polar surface area (TPSA) is 32.3 Å². The van der Waals surface area contributed by atoms with Gasteiger partial charge in [-0.05, 0) is 19.4 Å². The number of hydrogen-bond donors (Lipinski definition) is 2. The molecule has 0 heterocycles. The summed E-state index contributed by atoms with van der Waals surface area (Å²) in [5, 5.41) is 13.2. The average molecular weight is 241 g/mol. The van der Waals surface area contributed by atoms with E-state index in [4.69, 9.17) is 0 Å². The van der Waals surface area contributed by atoms with Crippen molar-refractivity contribution in [3.05, 3.63) is 0 Å². The SMILES string of the molecule is CCCCCCCCCNC1CC(O)C1(C)C. The zero-order valence-corrected chi connectivity index (χ0v) is 12.0. The van der Waals surface area contributed by atoms with E-state index < -0.39 is 0 Å². The van der Waals surface area contributed by atoms with Crippen molar-refractivity contribution in [3.8, 4) is 0 Å². The Morgan fingerprint density at radius 2 is 1.65 bits per heavy atom. The molecule has 1 saturated carbocycles. The van der Waals surface area contributed by atoms with Gasteiger partial charge in [-0.3, -0.25) is 0 Å². The fourth-order valence-electron chi connectivity index (χ4n) is 2.61. The van der Waals surface area contributed by atoms with Crippen molar-refractivity contribution < 1.29 is 5.11 Å². The first-order valence-corrected chi connectivity index (χ1v) is 7.50. The van der Waals surface area contributed by atoms with Gasteiger partial charge in [0.2, 0.25) is 0 Å².